The van der Waals surface area contributed by atoms with Gasteiger partial charge in [-0.15, -0.1) is 0 Å². The molecule has 0 saturated heterocycles. The van der Waals surface area contributed by atoms with Gasteiger partial charge in [0.25, 0.3) is 0 Å². The fourth-order valence-corrected chi connectivity index (χ4v) is 2.16. The molecule has 1 rings (SSSR count). The van der Waals surface area contributed by atoms with Gasteiger partial charge < -0.3 is 4.43 Å². The van der Waals surface area contributed by atoms with Crippen molar-refractivity contribution in [1.29, 1.82) is 0 Å². The Morgan fingerprint density at radius 1 is 1.27 bits per heavy atom. The van der Waals surface area contributed by atoms with Gasteiger partial charge in [-0.05, 0) is 25.2 Å². The standard InChI is InChI=1S/C12H17BrOSi/c1-15(2,3)14-10-12(13)9-11-7-5-4-6-8-11/h4-8,10H,9H2,1-3H3/b12-10-. The molecule has 0 fully saturated rings. The first-order valence-electron chi connectivity index (χ1n) is 5.04. The first-order valence-corrected chi connectivity index (χ1v) is 9.24. The van der Waals surface area contributed by atoms with Gasteiger partial charge >= 0.3 is 0 Å². The van der Waals surface area contributed by atoms with Crippen LogP contribution in [0, 0.1) is 0 Å². The van der Waals surface area contributed by atoms with Crippen LogP contribution < -0.4 is 0 Å². The lowest BCUT2D eigenvalue weighted by Gasteiger charge is -2.15. The first-order chi connectivity index (χ1) is 6.97. The summed E-state index contributed by atoms with van der Waals surface area (Å²) >= 11 is 3.53. The van der Waals surface area contributed by atoms with E-state index in [-0.39, 0.29) is 0 Å². The minimum atomic E-state index is -1.44. The third-order valence-electron chi connectivity index (χ3n) is 1.76. The molecule has 0 amide bonds. The summed E-state index contributed by atoms with van der Waals surface area (Å²) in [5.74, 6) is 0. The summed E-state index contributed by atoms with van der Waals surface area (Å²) < 4.78 is 6.79. The van der Waals surface area contributed by atoms with Crippen LogP contribution in [-0.4, -0.2) is 8.32 Å². The maximum Gasteiger partial charge on any atom is 0.241 e. The number of allylic oxidation sites excluding steroid dienone is 1. The fourth-order valence-electron chi connectivity index (χ4n) is 1.07. The highest BCUT2D eigenvalue weighted by Crippen LogP contribution is 2.15. The second kappa shape index (κ2) is 5.52. The summed E-state index contributed by atoms with van der Waals surface area (Å²) in [6.45, 7) is 6.52. The highest BCUT2D eigenvalue weighted by molar-refractivity contribution is 9.11. The molecule has 0 radical (unpaired) electrons. The molecule has 0 aliphatic heterocycles. The Balaban J connectivity index is 2.53. The normalized spacial score (nSPS) is 12.7. The highest BCUT2D eigenvalue weighted by atomic mass is 79.9. The Labute approximate surface area is 101 Å². The van der Waals surface area contributed by atoms with Crippen LogP contribution in [0.25, 0.3) is 0 Å². The quantitative estimate of drug-likeness (QED) is 0.591. The van der Waals surface area contributed by atoms with E-state index in [1.54, 1.807) is 0 Å². The highest BCUT2D eigenvalue weighted by Gasteiger charge is 2.13. The van der Waals surface area contributed by atoms with Gasteiger partial charge in [0, 0.05) is 10.9 Å². The average Bonchev–Trinajstić information content (AvgIpc) is 2.15. The summed E-state index contributed by atoms with van der Waals surface area (Å²) in [5.41, 5.74) is 1.29. The predicted molar refractivity (Wildman–Crippen MR) is 71.6 cm³/mol. The van der Waals surface area contributed by atoms with Crippen molar-refractivity contribution in [3.05, 3.63) is 46.6 Å². The third-order valence-corrected chi connectivity index (χ3v) is 3.05. The van der Waals surface area contributed by atoms with Gasteiger partial charge in [0.15, 0.2) is 0 Å². The second-order valence-corrected chi connectivity index (χ2v) is 9.94. The van der Waals surface area contributed by atoms with E-state index in [1.165, 1.54) is 5.56 Å². The minimum Gasteiger partial charge on any atom is -0.549 e. The van der Waals surface area contributed by atoms with E-state index in [9.17, 15) is 0 Å². The average molecular weight is 285 g/mol. The van der Waals surface area contributed by atoms with E-state index in [2.05, 4.69) is 59.8 Å². The van der Waals surface area contributed by atoms with Crippen LogP contribution in [0.3, 0.4) is 0 Å². The maximum atomic E-state index is 5.69. The van der Waals surface area contributed by atoms with Crippen molar-refractivity contribution in [3.8, 4) is 0 Å². The molecule has 0 saturated carbocycles. The largest absolute Gasteiger partial charge is 0.549 e. The summed E-state index contributed by atoms with van der Waals surface area (Å²) in [7, 11) is -1.44. The Morgan fingerprint density at radius 3 is 2.40 bits per heavy atom. The molecule has 0 aliphatic rings. The van der Waals surface area contributed by atoms with Crippen LogP contribution in [0.1, 0.15) is 5.56 Å². The minimum absolute atomic E-state index is 0.894. The van der Waals surface area contributed by atoms with Crippen molar-refractivity contribution in [1.82, 2.24) is 0 Å². The van der Waals surface area contributed by atoms with Crippen LogP contribution in [-0.2, 0) is 10.8 Å². The lowest BCUT2D eigenvalue weighted by atomic mass is 10.1. The SMILES string of the molecule is C[Si](C)(C)O/C=C(\Br)Cc1ccccc1. The second-order valence-electron chi connectivity index (χ2n) is 4.46. The van der Waals surface area contributed by atoms with Crippen molar-refractivity contribution in [2.45, 2.75) is 26.1 Å². The molecule has 0 unspecified atom stereocenters. The van der Waals surface area contributed by atoms with Crippen LogP contribution in [0.5, 0.6) is 0 Å². The monoisotopic (exact) mass is 284 g/mol. The van der Waals surface area contributed by atoms with E-state index in [0.717, 1.165) is 10.9 Å². The zero-order chi connectivity index (χ0) is 11.3. The van der Waals surface area contributed by atoms with Crippen molar-refractivity contribution in [2.75, 3.05) is 0 Å². The molecule has 0 heterocycles. The number of benzene rings is 1. The van der Waals surface area contributed by atoms with Crippen LogP contribution >= 0.6 is 15.9 Å². The zero-order valence-corrected chi connectivity index (χ0v) is 12.0. The summed E-state index contributed by atoms with van der Waals surface area (Å²) in [6.07, 6.45) is 2.74. The van der Waals surface area contributed by atoms with Crippen molar-refractivity contribution < 1.29 is 4.43 Å². The molecule has 0 aliphatic carbocycles. The Kier molecular flexibility index (Phi) is 4.61. The zero-order valence-electron chi connectivity index (χ0n) is 9.46. The van der Waals surface area contributed by atoms with Gasteiger partial charge in [-0.3, -0.25) is 0 Å². The van der Waals surface area contributed by atoms with E-state index in [0.29, 0.717) is 0 Å². The number of halogens is 1. The van der Waals surface area contributed by atoms with E-state index in [4.69, 9.17) is 4.43 Å². The Hall–Kier alpha value is -0.543. The molecule has 3 heteroatoms. The molecule has 82 valence electrons. The topological polar surface area (TPSA) is 9.23 Å². The predicted octanol–water partition coefficient (Wildman–Crippen LogP) is 4.32. The molecule has 1 aromatic rings. The molecule has 1 aromatic carbocycles. The van der Waals surface area contributed by atoms with Gasteiger partial charge in [0.05, 0.1) is 6.26 Å². The van der Waals surface area contributed by atoms with Crippen LogP contribution in [0.15, 0.2) is 41.1 Å². The van der Waals surface area contributed by atoms with Crippen molar-refractivity contribution >= 4 is 24.2 Å². The van der Waals surface area contributed by atoms with Crippen molar-refractivity contribution in [3.63, 3.8) is 0 Å². The Bertz CT molecular complexity index is 327. The number of hydrogen-bond acceptors (Lipinski definition) is 1. The molecule has 0 aromatic heterocycles. The molecular formula is C12H17BrOSi. The molecule has 1 nitrogen and oxygen atoms in total. The summed E-state index contributed by atoms with van der Waals surface area (Å²) in [5, 5.41) is 0. The molecule has 0 atom stereocenters. The molecule has 0 bridgehead atoms. The van der Waals surface area contributed by atoms with Gasteiger partial charge in [-0.2, -0.15) is 0 Å². The number of rotatable bonds is 4. The van der Waals surface area contributed by atoms with Crippen molar-refractivity contribution in [2.24, 2.45) is 0 Å². The van der Waals surface area contributed by atoms with Gasteiger partial charge in [0.2, 0.25) is 8.32 Å². The lowest BCUT2D eigenvalue weighted by molar-refractivity contribution is 0.476. The molecule has 0 N–H and O–H groups in total. The fraction of sp³-hybridized carbons (Fsp3) is 0.333. The molecule has 0 spiro atoms. The smallest absolute Gasteiger partial charge is 0.241 e. The maximum absolute atomic E-state index is 5.69. The van der Waals surface area contributed by atoms with Crippen LogP contribution in [0.4, 0.5) is 0 Å². The summed E-state index contributed by atoms with van der Waals surface area (Å²) in [6, 6.07) is 10.4. The van der Waals surface area contributed by atoms with E-state index >= 15 is 0 Å². The summed E-state index contributed by atoms with van der Waals surface area (Å²) in [4.78, 5) is 0. The van der Waals surface area contributed by atoms with Gasteiger partial charge in [0.1, 0.15) is 0 Å². The van der Waals surface area contributed by atoms with Gasteiger partial charge in [-0.25, -0.2) is 0 Å². The Morgan fingerprint density at radius 2 is 1.87 bits per heavy atom. The number of hydrogen-bond donors (Lipinski definition) is 0. The first kappa shape index (κ1) is 12.5. The van der Waals surface area contributed by atoms with E-state index in [1.807, 2.05) is 12.3 Å². The van der Waals surface area contributed by atoms with Crippen LogP contribution in [0.2, 0.25) is 19.6 Å². The third kappa shape index (κ3) is 5.80. The van der Waals surface area contributed by atoms with Gasteiger partial charge in [-0.1, -0.05) is 46.3 Å². The molecular weight excluding hydrogens is 268 g/mol. The molecule has 15 heavy (non-hydrogen) atoms. The van der Waals surface area contributed by atoms with E-state index < -0.39 is 8.32 Å². The lowest BCUT2D eigenvalue weighted by Crippen LogP contribution is -2.22.